The quantitative estimate of drug-likeness (QED) is 0.895. The average Bonchev–Trinajstić information content (AvgIpc) is 2.53. The van der Waals surface area contributed by atoms with Gasteiger partial charge in [-0.1, -0.05) is 19.1 Å². The minimum atomic E-state index is 0.313. The summed E-state index contributed by atoms with van der Waals surface area (Å²) in [5, 5.41) is 12.6. The Hall–Kier alpha value is -1.37. The number of rotatable bonds is 5. The van der Waals surface area contributed by atoms with Crippen molar-refractivity contribution in [1.29, 1.82) is 5.26 Å². The highest BCUT2D eigenvalue weighted by atomic mass is 15.1. The van der Waals surface area contributed by atoms with Crippen molar-refractivity contribution in [2.45, 2.75) is 32.7 Å². The molecular weight excluding hydrogens is 246 g/mol. The van der Waals surface area contributed by atoms with E-state index in [9.17, 15) is 0 Å². The minimum Gasteiger partial charge on any atom is -0.310 e. The number of nitrogens with zero attached hydrogens (tertiary/aromatic N) is 2. The smallest absolute Gasteiger partial charge is 0.0991 e. The van der Waals surface area contributed by atoms with E-state index in [0.29, 0.717) is 6.04 Å². The molecule has 1 aliphatic heterocycles. The number of hydrogen-bond acceptors (Lipinski definition) is 3. The lowest BCUT2D eigenvalue weighted by atomic mass is 9.96. The van der Waals surface area contributed by atoms with Gasteiger partial charge in [0.1, 0.15) is 0 Å². The maximum absolute atomic E-state index is 8.95. The molecule has 108 valence electrons. The van der Waals surface area contributed by atoms with Crippen molar-refractivity contribution in [2.24, 2.45) is 5.92 Å². The topological polar surface area (TPSA) is 39.1 Å². The van der Waals surface area contributed by atoms with Crippen LogP contribution in [0.1, 0.15) is 43.9 Å². The maximum atomic E-state index is 8.95. The summed E-state index contributed by atoms with van der Waals surface area (Å²) in [5.74, 6) is 0.791. The van der Waals surface area contributed by atoms with Crippen LogP contribution in [0.15, 0.2) is 24.3 Å². The molecule has 0 amide bonds. The molecule has 1 atom stereocenters. The summed E-state index contributed by atoms with van der Waals surface area (Å²) >= 11 is 0. The molecule has 0 saturated carbocycles. The lowest BCUT2D eigenvalue weighted by Gasteiger charge is -2.31. The Kier molecular flexibility index (Phi) is 5.58. The van der Waals surface area contributed by atoms with Crippen LogP contribution in [0.25, 0.3) is 0 Å². The van der Waals surface area contributed by atoms with Gasteiger partial charge in [-0.25, -0.2) is 0 Å². The van der Waals surface area contributed by atoms with Crippen LogP contribution in [0, 0.1) is 17.2 Å². The first kappa shape index (κ1) is 15.0. The molecule has 1 aliphatic rings. The molecule has 1 N–H and O–H groups in total. The van der Waals surface area contributed by atoms with Gasteiger partial charge < -0.3 is 10.2 Å². The third-order valence-corrected chi connectivity index (χ3v) is 4.38. The van der Waals surface area contributed by atoms with Crippen molar-refractivity contribution >= 4 is 0 Å². The van der Waals surface area contributed by atoms with E-state index < -0.39 is 0 Å². The highest BCUT2D eigenvalue weighted by Crippen LogP contribution is 2.18. The average molecular weight is 271 g/mol. The Morgan fingerprint density at radius 3 is 2.80 bits per heavy atom. The number of piperidine rings is 1. The van der Waals surface area contributed by atoms with Crippen molar-refractivity contribution < 1.29 is 0 Å². The van der Waals surface area contributed by atoms with Crippen LogP contribution in [0.5, 0.6) is 0 Å². The van der Waals surface area contributed by atoms with Crippen LogP contribution >= 0.6 is 0 Å². The van der Waals surface area contributed by atoms with E-state index in [1.54, 1.807) is 0 Å². The van der Waals surface area contributed by atoms with Gasteiger partial charge >= 0.3 is 0 Å². The summed E-state index contributed by atoms with van der Waals surface area (Å²) in [5.41, 5.74) is 1.95. The summed E-state index contributed by atoms with van der Waals surface area (Å²) in [7, 11) is 0. The van der Waals surface area contributed by atoms with Gasteiger partial charge in [-0.05, 0) is 69.6 Å². The largest absolute Gasteiger partial charge is 0.310 e. The van der Waals surface area contributed by atoms with Crippen LogP contribution in [-0.4, -0.2) is 31.1 Å². The van der Waals surface area contributed by atoms with Crippen molar-refractivity contribution in [2.75, 3.05) is 26.2 Å². The van der Waals surface area contributed by atoms with E-state index >= 15 is 0 Å². The molecule has 0 spiro atoms. The summed E-state index contributed by atoms with van der Waals surface area (Å²) in [6.07, 6.45) is 2.59. The molecule has 3 heteroatoms. The SMILES string of the molecule is CCN1CCC(CNC(C)c2cccc(C#N)c2)CC1. The molecule has 0 aromatic heterocycles. The fourth-order valence-corrected chi connectivity index (χ4v) is 2.85. The first-order valence-corrected chi connectivity index (χ1v) is 7.68. The van der Waals surface area contributed by atoms with E-state index in [2.05, 4.69) is 36.2 Å². The fourth-order valence-electron chi connectivity index (χ4n) is 2.85. The first-order chi connectivity index (χ1) is 9.72. The Morgan fingerprint density at radius 2 is 2.15 bits per heavy atom. The number of likely N-dealkylation sites (tertiary alicyclic amines) is 1. The normalized spacial score (nSPS) is 18.6. The molecule has 1 unspecified atom stereocenters. The monoisotopic (exact) mass is 271 g/mol. The third-order valence-electron chi connectivity index (χ3n) is 4.38. The first-order valence-electron chi connectivity index (χ1n) is 7.68. The predicted octanol–water partition coefficient (Wildman–Crippen LogP) is 2.94. The molecule has 1 fully saturated rings. The standard InChI is InChI=1S/C17H25N3/c1-3-20-9-7-15(8-10-20)13-19-14(2)17-6-4-5-16(11-17)12-18/h4-6,11,14-15,19H,3,7-10,13H2,1-2H3. The van der Waals surface area contributed by atoms with Gasteiger partial charge in [0.25, 0.3) is 0 Å². The highest BCUT2D eigenvalue weighted by molar-refractivity contribution is 5.33. The van der Waals surface area contributed by atoms with Gasteiger partial charge in [-0.15, -0.1) is 0 Å². The van der Waals surface area contributed by atoms with Crippen LogP contribution in [0.4, 0.5) is 0 Å². The Balaban J connectivity index is 1.80. The molecule has 0 radical (unpaired) electrons. The molecule has 1 aromatic rings. The molecule has 1 heterocycles. The highest BCUT2D eigenvalue weighted by Gasteiger charge is 2.18. The lowest BCUT2D eigenvalue weighted by Crippen LogP contribution is -2.37. The van der Waals surface area contributed by atoms with Gasteiger partial charge in [0.05, 0.1) is 11.6 Å². The Labute approximate surface area is 122 Å². The summed E-state index contributed by atoms with van der Waals surface area (Å²) in [6.45, 7) is 9.15. The van der Waals surface area contributed by atoms with E-state index in [1.165, 1.54) is 38.0 Å². The number of hydrogen-bond donors (Lipinski definition) is 1. The van der Waals surface area contributed by atoms with E-state index in [1.807, 2.05) is 18.2 Å². The van der Waals surface area contributed by atoms with Crippen molar-refractivity contribution in [3.63, 3.8) is 0 Å². The molecule has 1 saturated heterocycles. The van der Waals surface area contributed by atoms with Crippen molar-refractivity contribution in [3.8, 4) is 6.07 Å². The zero-order valence-corrected chi connectivity index (χ0v) is 12.6. The van der Waals surface area contributed by atoms with E-state index in [4.69, 9.17) is 5.26 Å². The van der Waals surface area contributed by atoms with Gasteiger partial charge in [-0.3, -0.25) is 0 Å². The van der Waals surface area contributed by atoms with Crippen molar-refractivity contribution in [3.05, 3.63) is 35.4 Å². The van der Waals surface area contributed by atoms with Crippen molar-refractivity contribution in [1.82, 2.24) is 10.2 Å². The molecule has 2 rings (SSSR count). The zero-order chi connectivity index (χ0) is 14.4. The van der Waals surface area contributed by atoms with E-state index in [-0.39, 0.29) is 0 Å². The number of nitriles is 1. The number of benzene rings is 1. The Morgan fingerprint density at radius 1 is 1.40 bits per heavy atom. The Bertz CT molecular complexity index is 456. The molecule has 3 nitrogen and oxygen atoms in total. The third kappa shape index (κ3) is 4.06. The van der Waals surface area contributed by atoms with Crippen LogP contribution in [0.2, 0.25) is 0 Å². The minimum absolute atomic E-state index is 0.313. The number of nitrogens with one attached hydrogen (secondary N) is 1. The van der Waals surface area contributed by atoms with Crippen LogP contribution < -0.4 is 5.32 Å². The van der Waals surface area contributed by atoms with Gasteiger partial charge in [0.15, 0.2) is 0 Å². The predicted molar refractivity (Wildman–Crippen MR) is 82.4 cm³/mol. The molecule has 0 aliphatic carbocycles. The lowest BCUT2D eigenvalue weighted by molar-refractivity contribution is 0.188. The van der Waals surface area contributed by atoms with Crippen LogP contribution in [0.3, 0.4) is 0 Å². The van der Waals surface area contributed by atoms with Gasteiger partial charge in [-0.2, -0.15) is 5.26 Å². The molecule has 0 bridgehead atoms. The second-order valence-electron chi connectivity index (χ2n) is 5.74. The molecule has 20 heavy (non-hydrogen) atoms. The summed E-state index contributed by atoms with van der Waals surface area (Å²) in [4.78, 5) is 2.52. The second kappa shape index (κ2) is 7.42. The summed E-state index contributed by atoms with van der Waals surface area (Å²) < 4.78 is 0. The van der Waals surface area contributed by atoms with E-state index in [0.717, 1.165) is 18.0 Å². The second-order valence-corrected chi connectivity index (χ2v) is 5.74. The molecular formula is C17H25N3. The zero-order valence-electron chi connectivity index (χ0n) is 12.6. The summed E-state index contributed by atoms with van der Waals surface area (Å²) in [6, 6.07) is 10.4. The fraction of sp³-hybridized carbons (Fsp3) is 0.588. The van der Waals surface area contributed by atoms with Gasteiger partial charge in [0.2, 0.25) is 0 Å². The van der Waals surface area contributed by atoms with Crippen LogP contribution in [-0.2, 0) is 0 Å². The maximum Gasteiger partial charge on any atom is 0.0991 e. The molecule has 1 aromatic carbocycles. The van der Waals surface area contributed by atoms with Gasteiger partial charge in [0, 0.05) is 6.04 Å².